The van der Waals surface area contributed by atoms with Gasteiger partial charge in [-0.25, -0.2) is 4.98 Å². The largest absolute Gasteiger partial charge is 0.494 e. The smallest absolute Gasteiger partial charge is 0.310 e. The van der Waals surface area contributed by atoms with Crippen LogP contribution in [0.5, 0.6) is 17.2 Å². The Morgan fingerprint density at radius 3 is 2.55 bits per heavy atom. The average Bonchev–Trinajstić information content (AvgIpc) is 3.43. The number of hydrogen-bond donors (Lipinski definition) is 0. The maximum atomic E-state index is 13.0. The lowest BCUT2D eigenvalue weighted by molar-refractivity contribution is -0.152. The molecule has 9 heteroatoms. The van der Waals surface area contributed by atoms with Gasteiger partial charge in [-0.1, -0.05) is 0 Å². The van der Waals surface area contributed by atoms with Crippen LogP contribution in [-0.2, 0) is 19.1 Å². The summed E-state index contributed by atoms with van der Waals surface area (Å²) in [5.74, 6) is -0.326. The van der Waals surface area contributed by atoms with Gasteiger partial charge in [-0.3, -0.25) is 14.6 Å². The van der Waals surface area contributed by atoms with Crippen molar-refractivity contribution in [1.82, 2.24) is 9.97 Å². The molecule has 2 aromatic carbocycles. The van der Waals surface area contributed by atoms with Crippen LogP contribution in [0, 0.1) is 11.8 Å². The summed E-state index contributed by atoms with van der Waals surface area (Å²) in [6, 6.07) is 7.51. The Morgan fingerprint density at radius 1 is 1.03 bits per heavy atom. The molecule has 0 radical (unpaired) electrons. The van der Waals surface area contributed by atoms with Gasteiger partial charge in [-0.2, -0.15) is 0 Å². The number of ether oxygens (including phenoxy) is 5. The molecule has 0 saturated carbocycles. The second kappa shape index (κ2) is 7.33. The Balaban J connectivity index is 1.61. The van der Waals surface area contributed by atoms with E-state index in [-0.39, 0.29) is 31.2 Å². The van der Waals surface area contributed by atoms with E-state index in [1.54, 1.807) is 19.5 Å². The van der Waals surface area contributed by atoms with Crippen LogP contribution in [0.3, 0.4) is 0 Å². The van der Waals surface area contributed by atoms with Crippen LogP contribution in [0.25, 0.3) is 11.0 Å². The number of fused-ring (bicyclic) bond motifs is 4. The third-order valence-electron chi connectivity index (χ3n) is 6.55. The second-order valence-corrected chi connectivity index (χ2v) is 8.31. The van der Waals surface area contributed by atoms with E-state index in [0.29, 0.717) is 28.3 Å². The third-order valence-corrected chi connectivity index (χ3v) is 6.55. The lowest BCUT2D eigenvalue weighted by atomic mass is 9.66. The van der Waals surface area contributed by atoms with Crippen LogP contribution in [0.15, 0.2) is 36.7 Å². The van der Waals surface area contributed by atoms with Crippen LogP contribution in [-0.4, -0.2) is 42.4 Å². The first-order chi connectivity index (χ1) is 16.0. The summed E-state index contributed by atoms with van der Waals surface area (Å²) in [5, 5.41) is 0. The van der Waals surface area contributed by atoms with Gasteiger partial charge in [0.2, 0.25) is 6.79 Å². The van der Waals surface area contributed by atoms with Gasteiger partial charge in [-0.15, -0.1) is 0 Å². The summed E-state index contributed by atoms with van der Waals surface area (Å²) >= 11 is 0. The van der Waals surface area contributed by atoms with Crippen molar-refractivity contribution in [1.29, 1.82) is 0 Å². The summed E-state index contributed by atoms with van der Waals surface area (Å²) in [5.41, 5.74) is 3.70. The van der Waals surface area contributed by atoms with E-state index >= 15 is 0 Å². The van der Waals surface area contributed by atoms with Crippen molar-refractivity contribution in [3.8, 4) is 17.2 Å². The predicted molar refractivity (Wildman–Crippen MR) is 113 cm³/mol. The number of carbonyl (C=O) groups is 2. The van der Waals surface area contributed by atoms with Gasteiger partial charge in [0, 0.05) is 36.7 Å². The molecule has 1 fully saturated rings. The zero-order chi connectivity index (χ0) is 22.7. The molecular weight excluding hydrogens is 428 g/mol. The highest BCUT2D eigenvalue weighted by molar-refractivity contribution is 5.84. The molecule has 3 heterocycles. The zero-order valence-corrected chi connectivity index (χ0v) is 17.9. The number of methoxy groups -OCH3 is 1. The first-order valence-corrected chi connectivity index (χ1v) is 10.6. The Kier molecular flexibility index (Phi) is 4.39. The Labute approximate surface area is 188 Å². The number of hydrogen-bond acceptors (Lipinski definition) is 9. The van der Waals surface area contributed by atoms with Gasteiger partial charge in [0.15, 0.2) is 11.5 Å². The topological polar surface area (TPSA) is 106 Å². The molecule has 9 nitrogen and oxygen atoms in total. The Morgan fingerprint density at radius 2 is 1.79 bits per heavy atom. The quantitative estimate of drug-likeness (QED) is 0.559. The molecule has 1 aromatic heterocycles. The molecule has 4 atom stereocenters. The fraction of sp³-hybridized carbons (Fsp3) is 0.333. The van der Waals surface area contributed by atoms with E-state index in [2.05, 4.69) is 9.97 Å². The zero-order valence-electron chi connectivity index (χ0n) is 17.9. The van der Waals surface area contributed by atoms with Gasteiger partial charge >= 0.3 is 11.9 Å². The number of carbonyl (C=O) groups excluding carboxylic acids is 2. The molecule has 1 aliphatic carbocycles. The van der Waals surface area contributed by atoms with Crippen molar-refractivity contribution in [2.45, 2.75) is 18.9 Å². The van der Waals surface area contributed by atoms with E-state index in [4.69, 9.17) is 23.7 Å². The molecule has 33 heavy (non-hydrogen) atoms. The first kappa shape index (κ1) is 19.8. The van der Waals surface area contributed by atoms with Crippen LogP contribution >= 0.6 is 0 Å². The second-order valence-electron chi connectivity index (χ2n) is 8.31. The summed E-state index contributed by atoms with van der Waals surface area (Å²) in [4.78, 5) is 33.8. The number of aromatic nitrogens is 2. The van der Waals surface area contributed by atoms with Gasteiger partial charge in [0.1, 0.15) is 17.4 Å². The first-order valence-electron chi connectivity index (χ1n) is 10.6. The highest BCUT2D eigenvalue weighted by Crippen LogP contribution is 2.55. The maximum Gasteiger partial charge on any atom is 0.310 e. The van der Waals surface area contributed by atoms with Crippen molar-refractivity contribution in [2.75, 3.05) is 20.5 Å². The summed E-state index contributed by atoms with van der Waals surface area (Å²) in [6.45, 7) is 1.63. The molecule has 0 N–H and O–H groups in total. The van der Waals surface area contributed by atoms with Crippen LogP contribution < -0.4 is 14.2 Å². The molecule has 1 saturated heterocycles. The maximum absolute atomic E-state index is 13.0. The molecule has 2 aliphatic heterocycles. The predicted octanol–water partition coefficient (Wildman–Crippen LogP) is 2.91. The monoisotopic (exact) mass is 448 g/mol. The van der Waals surface area contributed by atoms with Crippen molar-refractivity contribution in [3.05, 3.63) is 53.3 Å². The van der Waals surface area contributed by atoms with E-state index in [9.17, 15) is 9.59 Å². The molecule has 6 rings (SSSR count). The minimum absolute atomic E-state index is 0.107. The third kappa shape index (κ3) is 2.99. The Bertz CT molecular complexity index is 1310. The molecule has 0 spiro atoms. The highest BCUT2D eigenvalue weighted by atomic mass is 16.7. The molecule has 168 valence electrons. The van der Waals surface area contributed by atoms with Crippen molar-refractivity contribution < 1.29 is 33.3 Å². The minimum atomic E-state index is -0.637. The lowest BCUT2D eigenvalue weighted by Crippen LogP contribution is -2.36. The standard InChI is InChI=1S/C24H20N2O7/c1-11(27)33-23-14-8-18-17(31-10-32-18)7-13(14)20(21-15(23)9-30-24(21)28)12-5-16-22(19(6-12)29-2)26-4-3-25-16/h3-8,15,20-21,23H,9-10H2,1-2H3/t15-,20-,21-,23+/m1/s1. The summed E-state index contributed by atoms with van der Waals surface area (Å²) in [6.07, 6.45) is 2.58. The molecular formula is C24H20N2O7. The number of benzene rings is 2. The van der Waals surface area contributed by atoms with E-state index in [1.807, 2.05) is 24.3 Å². The van der Waals surface area contributed by atoms with E-state index < -0.39 is 18.0 Å². The van der Waals surface area contributed by atoms with Crippen molar-refractivity contribution >= 4 is 23.0 Å². The SMILES string of the molecule is COc1cc([C@@H]2c3cc4c(cc3[C@H](OC(C)=O)[C@@H]3COC(=O)[C@@H]23)OCO4)cc2nccnc12. The van der Waals surface area contributed by atoms with E-state index in [1.165, 1.54) is 6.92 Å². The number of rotatable bonds is 3. The number of esters is 2. The van der Waals surface area contributed by atoms with Crippen molar-refractivity contribution in [3.63, 3.8) is 0 Å². The molecule has 0 bridgehead atoms. The molecule has 3 aliphatic rings. The van der Waals surface area contributed by atoms with Gasteiger partial charge in [0.25, 0.3) is 0 Å². The van der Waals surface area contributed by atoms with Crippen molar-refractivity contribution in [2.24, 2.45) is 11.8 Å². The highest BCUT2D eigenvalue weighted by Gasteiger charge is 2.53. The fourth-order valence-electron chi connectivity index (χ4n) is 5.24. The summed E-state index contributed by atoms with van der Waals surface area (Å²) in [7, 11) is 1.57. The van der Waals surface area contributed by atoms with Crippen LogP contribution in [0.4, 0.5) is 0 Å². The molecule has 3 aromatic rings. The van der Waals surface area contributed by atoms with E-state index in [0.717, 1.165) is 16.7 Å². The molecule has 0 unspecified atom stereocenters. The lowest BCUT2D eigenvalue weighted by Gasteiger charge is -2.38. The van der Waals surface area contributed by atoms with Crippen LogP contribution in [0.1, 0.15) is 35.6 Å². The van der Waals surface area contributed by atoms with Crippen LogP contribution in [0.2, 0.25) is 0 Å². The minimum Gasteiger partial charge on any atom is -0.494 e. The Hall–Kier alpha value is -3.88. The normalized spacial score (nSPS) is 24.7. The average molecular weight is 448 g/mol. The summed E-state index contributed by atoms with van der Waals surface area (Å²) < 4.78 is 28.0. The van der Waals surface area contributed by atoms with Gasteiger partial charge in [0.05, 0.1) is 25.2 Å². The van der Waals surface area contributed by atoms with Gasteiger partial charge in [-0.05, 0) is 35.4 Å². The number of nitrogens with zero attached hydrogens (tertiary/aromatic N) is 2. The van der Waals surface area contributed by atoms with Gasteiger partial charge < -0.3 is 23.7 Å². The number of cyclic esters (lactones) is 1. The molecule has 0 amide bonds. The fourth-order valence-corrected chi connectivity index (χ4v) is 5.24.